The Morgan fingerprint density at radius 3 is 2.40 bits per heavy atom. The molecule has 4 fully saturated rings. The molecule has 13 nitrogen and oxygen atoms in total. The first-order valence-electron chi connectivity index (χ1n) is 18.8. The van der Waals surface area contributed by atoms with Crippen LogP contribution in [0.1, 0.15) is 75.1 Å². The standard InChI is InChI=1S/C38H42F6N8O5S/c1-36(2)34(56)51(25-5-3-22(18-45)28(17-25)37(39,40)41)35(58)52(36)24-6-8-26(9-7-24)57-16-15-49-13-14-50(30(20-49)38(42,43)44)21-32(54)47-23-4-11-29(46-19-23)27-10-12-31(53)48-33(27)55/h3-5,11,17,19,24,26-27,30H,6-10,12-16,20-21H2,1-2H3,(H,47,54)(H,48,53,55)/t24?,26?,27?,30-/m1/s1. The van der Waals surface area contributed by atoms with Crippen LogP contribution < -0.4 is 15.5 Å². The zero-order valence-corrected chi connectivity index (χ0v) is 32.5. The van der Waals surface area contributed by atoms with Crippen molar-refractivity contribution in [3.05, 3.63) is 53.3 Å². The fraction of sp³-hybridized carbons (Fsp3) is 0.553. The van der Waals surface area contributed by atoms with Crippen LogP contribution in [-0.4, -0.2) is 118 Å². The number of imide groups is 1. The fourth-order valence-corrected chi connectivity index (χ4v) is 8.66. The van der Waals surface area contributed by atoms with Gasteiger partial charge in [0.05, 0.1) is 65.6 Å². The van der Waals surface area contributed by atoms with Gasteiger partial charge in [0, 0.05) is 38.6 Å². The Morgan fingerprint density at radius 1 is 1.05 bits per heavy atom. The minimum atomic E-state index is -4.82. The Labute approximate surface area is 335 Å². The van der Waals surface area contributed by atoms with Gasteiger partial charge in [-0.1, -0.05) is 0 Å². The van der Waals surface area contributed by atoms with Crippen molar-refractivity contribution in [1.82, 2.24) is 25.0 Å². The van der Waals surface area contributed by atoms with Gasteiger partial charge in [-0.15, -0.1) is 0 Å². The molecule has 0 spiro atoms. The number of piperidine rings is 1. The number of alkyl halides is 6. The molecule has 4 heterocycles. The summed E-state index contributed by atoms with van der Waals surface area (Å²) in [5.41, 5.74) is -2.32. The van der Waals surface area contributed by atoms with Crippen molar-refractivity contribution >= 4 is 52.3 Å². The van der Waals surface area contributed by atoms with Crippen LogP contribution in [0.15, 0.2) is 36.5 Å². The van der Waals surface area contributed by atoms with E-state index >= 15 is 0 Å². The minimum Gasteiger partial charge on any atom is -0.377 e. The molecule has 0 bridgehead atoms. The van der Waals surface area contributed by atoms with Crippen molar-refractivity contribution in [3.63, 3.8) is 0 Å². The van der Waals surface area contributed by atoms with E-state index < -0.39 is 65.2 Å². The molecule has 3 saturated heterocycles. The van der Waals surface area contributed by atoms with Gasteiger partial charge >= 0.3 is 12.4 Å². The van der Waals surface area contributed by atoms with E-state index in [9.17, 15) is 50.8 Å². The van der Waals surface area contributed by atoms with Crippen molar-refractivity contribution in [2.45, 2.75) is 94.4 Å². The molecule has 1 aromatic carbocycles. The number of anilines is 2. The Morgan fingerprint density at radius 2 is 1.78 bits per heavy atom. The number of nitrogens with zero attached hydrogens (tertiary/aromatic N) is 6. The topological polar surface area (TPSA) is 151 Å². The molecule has 2 N–H and O–H groups in total. The highest BCUT2D eigenvalue weighted by atomic mass is 32.1. The molecule has 6 rings (SSSR count). The highest BCUT2D eigenvalue weighted by Crippen LogP contribution is 2.41. The second kappa shape index (κ2) is 16.9. The molecule has 1 unspecified atom stereocenters. The van der Waals surface area contributed by atoms with Crippen LogP contribution in [0.2, 0.25) is 0 Å². The van der Waals surface area contributed by atoms with E-state index in [1.54, 1.807) is 23.6 Å². The van der Waals surface area contributed by atoms with E-state index in [1.807, 2.05) is 0 Å². The third-order valence-corrected chi connectivity index (χ3v) is 11.5. The summed E-state index contributed by atoms with van der Waals surface area (Å²) >= 11 is 5.67. The first-order valence-corrected chi connectivity index (χ1v) is 19.2. The third-order valence-electron chi connectivity index (χ3n) is 11.1. The molecule has 58 heavy (non-hydrogen) atoms. The molecule has 3 aliphatic heterocycles. The van der Waals surface area contributed by atoms with Gasteiger partial charge in [0.1, 0.15) is 11.6 Å². The number of piperazine rings is 1. The summed E-state index contributed by atoms with van der Waals surface area (Å²) in [7, 11) is 0. The molecule has 312 valence electrons. The molecule has 0 radical (unpaired) electrons. The first-order chi connectivity index (χ1) is 27.3. The number of carbonyl (C=O) groups excluding carboxylic acids is 4. The number of nitrogens with one attached hydrogen (secondary N) is 2. The zero-order chi connectivity index (χ0) is 42.2. The maximum atomic E-state index is 14.2. The van der Waals surface area contributed by atoms with Crippen molar-refractivity contribution in [2.75, 3.05) is 49.5 Å². The maximum absolute atomic E-state index is 14.2. The van der Waals surface area contributed by atoms with Gasteiger partial charge in [0.2, 0.25) is 17.7 Å². The molecule has 20 heteroatoms. The predicted octanol–water partition coefficient (Wildman–Crippen LogP) is 4.72. The number of ether oxygens (including phenoxy) is 1. The number of pyridine rings is 1. The monoisotopic (exact) mass is 836 g/mol. The van der Waals surface area contributed by atoms with Gasteiger partial charge in [-0.3, -0.25) is 44.2 Å². The molecular weight excluding hydrogens is 795 g/mol. The normalized spacial score (nSPS) is 24.8. The van der Waals surface area contributed by atoms with Gasteiger partial charge in [-0.2, -0.15) is 31.6 Å². The number of nitriles is 1. The van der Waals surface area contributed by atoms with Crippen LogP contribution >= 0.6 is 12.2 Å². The lowest BCUT2D eigenvalue weighted by molar-refractivity contribution is -0.197. The molecular formula is C38H42F6N8O5S. The summed E-state index contributed by atoms with van der Waals surface area (Å²) in [5, 5.41) is 14.1. The first kappa shape index (κ1) is 42.9. The highest BCUT2D eigenvalue weighted by molar-refractivity contribution is 7.80. The van der Waals surface area contributed by atoms with Crippen LogP contribution in [0.4, 0.5) is 37.7 Å². The number of amides is 4. The van der Waals surface area contributed by atoms with Gasteiger partial charge in [0.25, 0.3) is 5.91 Å². The average molecular weight is 837 g/mol. The Hall–Kier alpha value is -4.71. The molecule has 2 aromatic rings. The van der Waals surface area contributed by atoms with E-state index in [0.29, 0.717) is 37.8 Å². The molecule has 1 aromatic heterocycles. The molecule has 4 aliphatic rings. The number of benzene rings is 1. The van der Waals surface area contributed by atoms with Crippen molar-refractivity contribution < 1.29 is 50.3 Å². The lowest BCUT2D eigenvalue weighted by atomic mass is 9.89. The highest BCUT2D eigenvalue weighted by Gasteiger charge is 2.53. The Balaban J connectivity index is 0.970. The summed E-state index contributed by atoms with van der Waals surface area (Å²) in [5.74, 6) is -2.60. The summed E-state index contributed by atoms with van der Waals surface area (Å²) < 4.78 is 89.9. The lowest BCUT2D eigenvalue weighted by Gasteiger charge is -2.42. The van der Waals surface area contributed by atoms with E-state index in [4.69, 9.17) is 17.0 Å². The lowest BCUT2D eigenvalue weighted by Crippen LogP contribution is -2.60. The third kappa shape index (κ3) is 9.27. The second-order valence-corrected chi connectivity index (χ2v) is 15.7. The Kier molecular flexibility index (Phi) is 12.5. The number of carbonyl (C=O) groups is 4. The summed E-state index contributed by atoms with van der Waals surface area (Å²) in [6.07, 6.45) is -5.62. The predicted molar refractivity (Wildman–Crippen MR) is 200 cm³/mol. The van der Waals surface area contributed by atoms with Gasteiger partial charge in [-0.25, -0.2) is 0 Å². The fourth-order valence-electron chi connectivity index (χ4n) is 8.10. The number of hydrogen-bond acceptors (Lipinski definition) is 10. The average Bonchev–Trinajstić information content (AvgIpc) is 3.33. The zero-order valence-electron chi connectivity index (χ0n) is 31.7. The molecule has 4 amide bonds. The molecule has 1 aliphatic carbocycles. The van der Waals surface area contributed by atoms with Crippen molar-refractivity contribution in [2.24, 2.45) is 0 Å². The van der Waals surface area contributed by atoms with Crippen LogP contribution in [0.3, 0.4) is 0 Å². The van der Waals surface area contributed by atoms with Gasteiger partial charge in [0.15, 0.2) is 5.11 Å². The summed E-state index contributed by atoms with van der Waals surface area (Å²) in [6.45, 7) is 3.10. The number of thiocarbonyl (C=S) groups is 1. The minimum absolute atomic E-state index is 0.0172. The van der Waals surface area contributed by atoms with Gasteiger partial charge in [-0.05, 0) is 88.5 Å². The molecule has 1 saturated carbocycles. The van der Waals surface area contributed by atoms with Gasteiger partial charge < -0.3 is 15.0 Å². The Bertz CT molecular complexity index is 1970. The quantitative estimate of drug-likeness (QED) is 0.195. The van der Waals surface area contributed by atoms with E-state index in [2.05, 4.69) is 15.6 Å². The van der Waals surface area contributed by atoms with E-state index in [-0.39, 0.29) is 73.7 Å². The van der Waals surface area contributed by atoms with E-state index in [0.717, 1.165) is 21.9 Å². The van der Waals surface area contributed by atoms with Crippen LogP contribution in [-0.2, 0) is 30.1 Å². The number of hydrogen-bond donors (Lipinski definition) is 2. The summed E-state index contributed by atoms with van der Waals surface area (Å²) in [4.78, 5) is 59.7. The second-order valence-electron chi connectivity index (χ2n) is 15.3. The SMILES string of the molecule is CC1(C)C(=O)N(c2ccc(C#N)c(C(F)(F)F)c2)C(=S)N1C1CCC(OCCN2CCN(CC(=O)Nc3ccc(C4CCC(=O)NC4=O)nc3)[C@@H](C(F)(F)F)C2)CC1. The van der Waals surface area contributed by atoms with Crippen molar-refractivity contribution in [3.8, 4) is 6.07 Å². The number of rotatable bonds is 10. The number of aromatic nitrogens is 1. The van der Waals surface area contributed by atoms with Crippen LogP contribution in [0.25, 0.3) is 0 Å². The smallest absolute Gasteiger partial charge is 0.377 e. The van der Waals surface area contributed by atoms with Crippen LogP contribution in [0, 0.1) is 11.3 Å². The maximum Gasteiger partial charge on any atom is 0.417 e. The largest absolute Gasteiger partial charge is 0.417 e. The van der Waals surface area contributed by atoms with E-state index in [1.165, 1.54) is 30.5 Å². The van der Waals surface area contributed by atoms with Crippen LogP contribution in [0.5, 0.6) is 0 Å². The molecule has 2 atom stereocenters. The van der Waals surface area contributed by atoms with Crippen molar-refractivity contribution in [1.29, 1.82) is 5.26 Å². The number of halogens is 6. The summed E-state index contributed by atoms with van der Waals surface area (Å²) in [6, 6.07) is 5.49.